The maximum Gasteiger partial charge on any atom is 0.276 e. The zero-order valence-electron chi connectivity index (χ0n) is 15.3. The van der Waals surface area contributed by atoms with E-state index in [2.05, 4.69) is 36.7 Å². The van der Waals surface area contributed by atoms with E-state index < -0.39 is 0 Å². The second-order valence-electron chi connectivity index (χ2n) is 7.20. The molecule has 0 atom stereocenters. The first-order valence-electron chi connectivity index (χ1n) is 9.74. The molecule has 1 aromatic heterocycles. The van der Waals surface area contributed by atoms with Crippen LogP contribution in [0.3, 0.4) is 0 Å². The number of hydrogen-bond acceptors (Lipinski definition) is 2. The summed E-state index contributed by atoms with van der Waals surface area (Å²) in [6, 6.07) is 8.70. The molecule has 25 heavy (non-hydrogen) atoms. The third kappa shape index (κ3) is 2.68. The van der Waals surface area contributed by atoms with E-state index in [1.165, 1.54) is 24.0 Å². The van der Waals surface area contributed by atoms with Crippen LogP contribution in [0.2, 0.25) is 0 Å². The van der Waals surface area contributed by atoms with Crippen LogP contribution in [0.1, 0.15) is 72.9 Å². The van der Waals surface area contributed by atoms with E-state index in [4.69, 9.17) is 5.10 Å². The second-order valence-corrected chi connectivity index (χ2v) is 7.20. The number of nitrogens with zero attached hydrogens (tertiary/aromatic N) is 3. The number of carbonyl (C=O) groups excluding carboxylic acids is 1. The van der Waals surface area contributed by atoms with Crippen LogP contribution >= 0.6 is 0 Å². The number of carbonyl (C=O) groups is 1. The van der Waals surface area contributed by atoms with Crippen molar-refractivity contribution in [3.05, 3.63) is 46.8 Å². The highest BCUT2D eigenvalue weighted by Gasteiger charge is 2.35. The number of benzene rings is 1. The Kier molecular flexibility index (Phi) is 4.36. The fraction of sp³-hybridized carbons (Fsp3) is 0.524. The van der Waals surface area contributed by atoms with E-state index in [0.717, 1.165) is 55.7 Å². The Morgan fingerprint density at radius 2 is 1.88 bits per heavy atom. The first kappa shape index (κ1) is 16.4. The van der Waals surface area contributed by atoms with Gasteiger partial charge in [0.05, 0.1) is 11.7 Å². The van der Waals surface area contributed by atoms with Crippen molar-refractivity contribution in [1.29, 1.82) is 0 Å². The lowest BCUT2D eigenvalue weighted by Gasteiger charge is -2.30. The summed E-state index contributed by atoms with van der Waals surface area (Å²) in [4.78, 5) is 15.4. The number of para-hydroxylation sites is 1. The highest BCUT2D eigenvalue weighted by Crippen LogP contribution is 2.35. The summed E-state index contributed by atoms with van der Waals surface area (Å²) in [7, 11) is 0. The summed E-state index contributed by atoms with van der Waals surface area (Å²) < 4.78 is 2.09. The maximum absolute atomic E-state index is 13.5. The van der Waals surface area contributed by atoms with Crippen LogP contribution in [0, 0.1) is 0 Å². The molecule has 1 amide bonds. The Labute approximate surface area is 149 Å². The van der Waals surface area contributed by atoms with Crippen molar-refractivity contribution in [2.24, 2.45) is 0 Å². The highest BCUT2D eigenvalue weighted by molar-refractivity contribution is 6.07. The number of aromatic nitrogens is 2. The first-order chi connectivity index (χ1) is 12.2. The third-order valence-electron chi connectivity index (χ3n) is 5.79. The number of amides is 1. The van der Waals surface area contributed by atoms with Gasteiger partial charge in [0.1, 0.15) is 5.69 Å². The molecule has 1 aliphatic carbocycles. The number of aryl methyl sites for hydroxylation is 2. The summed E-state index contributed by atoms with van der Waals surface area (Å²) in [6.07, 6.45) is 7.55. The smallest absolute Gasteiger partial charge is 0.276 e. The predicted octanol–water partition coefficient (Wildman–Crippen LogP) is 4.33. The second kappa shape index (κ2) is 6.66. The van der Waals surface area contributed by atoms with E-state index in [1.807, 2.05) is 11.0 Å². The third-order valence-corrected chi connectivity index (χ3v) is 5.79. The molecule has 2 aliphatic rings. The van der Waals surface area contributed by atoms with Crippen LogP contribution in [0.4, 0.5) is 5.69 Å². The molecule has 0 radical (unpaired) electrons. The molecule has 0 unspecified atom stereocenters. The number of hydrogen-bond donors (Lipinski definition) is 0. The molecule has 2 aromatic rings. The lowest BCUT2D eigenvalue weighted by molar-refractivity contribution is 0.0967. The molecule has 1 saturated carbocycles. The topological polar surface area (TPSA) is 38.1 Å². The van der Waals surface area contributed by atoms with Crippen molar-refractivity contribution in [2.75, 3.05) is 11.4 Å². The molecule has 132 valence electrons. The van der Waals surface area contributed by atoms with Gasteiger partial charge in [-0.05, 0) is 43.7 Å². The van der Waals surface area contributed by atoms with Crippen molar-refractivity contribution in [3.63, 3.8) is 0 Å². The lowest BCUT2D eigenvalue weighted by Crippen LogP contribution is -2.39. The number of anilines is 1. The molecule has 0 spiro atoms. The molecule has 4 nitrogen and oxygen atoms in total. The molecule has 4 heteroatoms. The highest BCUT2D eigenvalue weighted by atomic mass is 16.2. The van der Waals surface area contributed by atoms with Gasteiger partial charge in [0.15, 0.2) is 0 Å². The zero-order chi connectivity index (χ0) is 17.4. The summed E-state index contributed by atoms with van der Waals surface area (Å²) in [5, 5.41) is 4.88. The van der Waals surface area contributed by atoms with Gasteiger partial charge in [0.2, 0.25) is 0 Å². The van der Waals surface area contributed by atoms with Gasteiger partial charge in [-0.25, -0.2) is 0 Å². The number of rotatable bonds is 4. The van der Waals surface area contributed by atoms with E-state index in [-0.39, 0.29) is 5.91 Å². The van der Waals surface area contributed by atoms with Crippen molar-refractivity contribution < 1.29 is 4.79 Å². The van der Waals surface area contributed by atoms with Crippen LogP contribution in [0.25, 0.3) is 0 Å². The summed E-state index contributed by atoms with van der Waals surface area (Å²) in [5.41, 5.74) is 5.49. The Hall–Kier alpha value is -2.10. The molecule has 4 rings (SSSR count). The molecule has 0 bridgehead atoms. The Morgan fingerprint density at radius 1 is 1.12 bits per heavy atom. The van der Waals surface area contributed by atoms with Gasteiger partial charge < -0.3 is 4.90 Å². The molecule has 0 N–H and O–H groups in total. The maximum atomic E-state index is 13.5. The molecular formula is C21H27N3O. The fourth-order valence-corrected chi connectivity index (χ4v) is 4.46. The standard InChI is InChI=1S/C21H27N3O/c1-3-15-9-5-8-12-19(15)23-14-13-17-18(4-2)22-24(20(17)21(23)25)16-10-6-7-11-16/h5,8-9,12,16H,3-4,6-7,10-11,13-14H2,1-2H3. The van der Waals surface area contributed by atoms with Gasteiger partial charge in [-0.1, -0.05) is 44.9 Å². The van der Waals surface area contributed by atoms with Gasteiger partial charge in [-0.15, -0.1) is 0 Å². The van der Waals surface area contributed by atoms with Crippen molar-refractivity contribution >= 4 is 11.6 Å². The molecule has 1 aromatic carbocycles. The van der Waals surface area contributed by atoms with Gasteiger partial charge >= 0.3 is 0 Å². The van der Waals surface area contributed by atoms with Crippen LogP contribution in [-0.2, 0) is 19.3 Å². The normalized spacial score (nSPS) is 18.0. The fourth-order valence-electron chi connectivity index (χ4n) is 4.46. The molecule has 0 saturated heterocycles. The van der Waals surface area contributed by atoms with Crippen LogP contribution in [0.5, 0.6) is 0 Å². The molecule has 2 heterocycles. The van der Waals surface area contributed by atoms with Gasteiger partial charge in [0.25, 0.3) is 5.91 Å². The minimum atomic E-state index is 0.140. The van der Waals surface area contributed by atoms with Crippen molar-refractivity contribution in [3.8, 4) is 0 Å². The van der Waals surface area contributed by atoms with E-state index in [0.29, 0.717) is 6.04 Å². The Balaban J connectivity index is 1.78. The molecule has 1 aliphatic heterocycles. The summed E-state index contributed by atoms with van der Waals surface area (Å²) in [6.45, 7) is 5.05. The van der Waals surface area contributed by atoms with Gasteiger partial charge in [-0.2, -0.15) is 5.10 Å². The van der Waals surface area contributed by atoms with Crippen LogP contribution in [0.15, 0.2) is 24.3 Å². The molecule has 1 fully saturated rings. The van der Waals surface area contributed by atoms with Crippen molar-refractivity contribution in [1.82, 2.24) is 9.78 Å². The minimum absolute atomic E-state index is 0.140. The SMILES string of the molecule is CCc1ccccc1N1CCc2c(CC)nn(C3CCCC3)c2C1=O. The lowest BCUT2D eigenvalue weighted by atomic mass is 10.00. The van der Waals surface area contributed by atoms with E-state index in [1.54, 1.807) is 0 Å². The van der Waals surface area contributed by atoms with Crippen LogP contribution < -0.4 is 4.90 Å². The Morgan fingerprint density at radius 3 is 2.60 bits per heavy atom. The quantitative estimate of drug-likeness (QED) is 0.833. The number of fused-ring (bicyclic) bond motifs is 1. The van der Waals surface area contributed by atoms with E-state index >= 15 is 0 Å². The predicted molar refractivity (Wildman–Crippen MR) is 100 cm³/mol. The molecular weight excluding hydrogens is 310 g/mol. The van der Waals surface area contributed by atoms with E-state index in [9.17, 15) is 4.79 Å². The largest absolute Gasteiger partial charge is 0.306 e. The monoisotopic (exact) mass is 337 g/mol. The van der Waals surface area contributed by atoms with Gasteiger partial charge in [0, 0.05) is 17.8 Å². The average Bonchev–Trinajstić information content (AvgIpc) is 3.29. The zero-order valence-corrected chi connectivity index (χ0v) is 15.3. The summed E-state index contributed by atoms with van der Waals surface area (Å²) in [5.74, 6) is 0.140. The van der Waals surface area contributed by atoms with Gasteiger partial charge in [-0.3, -0.25) is 9.48 Å². The van der Waals surface area contributed by atoms with Crippen LogP contribution in [-0.4, -0.2) is 22.2 Å². The summed E-state index contributed by atoms with van der Waals surface area (Å²) >= 11 is 0. The Bertz CT molecular complexity index is 786. The van der Waals surface area contributed by atoms with Crippen molar-refractivity contribution in [2.45, 2.75) is 64.8 Å². The first-order valence-corrected chi connectivity index (χ1v) is 9.74. The average molecular weight is 337 g/mol. The minimum Gasteiger partial charge on any atom is -0.306 e.